The summed E-state index contributed by atoms with van der Waals surface area (Å²) in [6.45, 7) is 1.57. The Hall–Kier alpha value is -4.08. The summed E-state index contributed by atoms with van der Waals surface area (Å²) in [5, 5.41) is 4.00. The van der Waals surface area contributed by atoms with Crippen LogP contribution in [0.15, 0.2) is 30.3 Å². The van der Waals surface area contributed by atoms with Crippen LogP contribution in [0.2, 0.25) is 0 Å². The van der Waals surface area contributed by atoms with E-state index in [4.69, 9.17) is 16.1 Å². The van der Waals surface area contributed by atoms with Gasteiger partial charge in [-0.25, -0.2) is 18.2 Å². The standard InChI is InChI=1S/C35H31F5N6O/c1-2-21-23(37)9-7-18-5-3-6-22(26(18)21)29-28(38)30-27-31(42-29)35(39,40)14-25-24-10-8-20(41-24)16-46(25)32(27)44-33(43-30)47-17-34-11-4-12-45(34)15-19(36)13-34/h1,3,5-7,9,19-20,24-25,41H,4,8,10-17H2/t19-,20-,24+,25-,34+/m1/s1. The first kappa shape index (κ1) is 29.1. The number of fused-ring (bicyclic) bond motifs is 7. The number of pyridine rings is 1. The molecular formula is C35H31F5N6O. The maximum atomic E-state index is 17.0. The fraction of sp³-hybridized carbons (Fsp3) is 0.457. The Labute approximate surface area is 267 Å². The SMILES string of the molecule is C#Cc1c(F)ccc2cccc(-c3nc4c5c(nc(OC[C@@]67CCCN6C[C@H](F)C7)nc5c3F)N3C[C@H]5CC[C@H](N5)[C@H]3CC4(F)F)c12. The van der Waals surface area contributed by atoms with Gasteiger partial charge in [0, 0.05) is 49.0 Å². The molecule has 0 unspecified atom stereocenters. The van der Waals surface area contributed by atoms with Gasteiger partial charge in [-0.1, -0.05) is 30.2 Å². The predicted octanol–water partition coefficient (Wildman–Crippen LogP) is 5.86. The second kappa shape index (κ2) is 10.2. The highest BCUT2D eigenvalue weighted by atomic mass is 19.3. The number of hydrogen-bond acceptors (Lipinski definition) is 7. The van der Waals surface area contributed by atoms with Crippen molar-refractivity contribution in [2.45, 2.75) is 74.3 Å². The van der Waals surface area contributed by atoms with Gasteiger partial charge in [-0.3, -0.25) is 4.90 Å². The first-order valence-corrected chi connectivity index (χ1v) is 16.2. The summed E-state index contributed by atoms with van der Waals surface area (Å²) in [6, 6.07) is 6.57. The van der Waals surface area contributed by atoms with Crippen molar-refractivity contribution in [2.75, 3.05) is 31.1 Å². The van der Waals surface area contributed by atoms with Crippen LogP contribution in [-0.2, 0) is 5.92 Å². The Morgan fingerprint density at radius 3 is 2.77 bits per heavy atom. The Kier molecular flexibility index (Phi) is 6.32. The number of ether oxygens (including phenoxy) is 1. The third kappa shape index (κ3) is 4.28. The van der Waals surface area contributed by atoms with Crippen LogP contribution in [-0.4, -0.2) is 75.9 Å². The number of terminal acetylenes is 1. The zero-order valence-electron chi connectivity index (χ0n) is 25.4. The van der Waals surface area contributed by atoms with Crippen LogP contribution in [0.1, 0.15) is 49.8 Å². The molecule has 5 aliphatic heterocycles. The molecule has 7 nitrogen and oxygen atoms in total. The van der Waals surface area contributed by atoms with Gasteiger partial charge in [0.1, 0.15) is 41.3 Å². The number of halogens is 5. The highest BCUT2D eigenvalue weighted by Crippen LogP contribution is 2.49. The smallest absolute Gasteiger partial charge is 0.319 e. The molecule has 0 spiro atoms. The molecule has 12 heteroatoms. The molecule has 2 bridgehead atoms. The van der Waals surface area contributed by atoms with Gasteiger partial charge < -0.3 is 15.0 Å². The molecule has 5 aliphatic rings. The van der Waals surface area contributed by atoms with Crippen molar-refractivity contribution in [1.29, 1.82) is 0 Å². The van der Waals surface area contributed by atoms with Gasteiger partial charge >= 0.3 is 6.01 Å². The van der Waals surface area contributed by atoms with E-state index in [0.717, 1.165) is 32.2 Å². The summed E-state index contributed by atoms with van der Waals surface area (Å²) in [4.78, 5) is 17.4. The molecule has 7 heterocycles. The minimum Gasteiger partial charge on any atom is -0.461 e. The third-order valence-corrected chi connectivity index (χ3v) is 11.0. The number of anilines is 1. The van der Waals surface area contributed by atoms with Gasteiger partial charge in [0.05, 0.1) is 22.5 Å². The topological polar surface area (TPSA) is 66.4 Å². The summed E-state index contributed by atoms with van der Waals surface area (Å²) in [5.74, 6) is -2.64. The molecule has 5 atom stereocenters. The molecule has 2 aromatic carbocycles. The van der Waals surface area contributed by atoms with Crippen molar-refractivity contribution in [3.63, 3.8) is 0 Å². The Morgan fingerprint density at radius 1 is 1.04 bits per heavy atom. The van der Waals surface area contributed by atoms with Crippen molar-refractivity contribution in [1.82, 2.24) is 25.2 Å². The summed E-state index contributed by atoms with van der Waals surface area (Å²) in [7, 11) is 0. The van der Waals surface area contributed by atoms with E-state index in [1.165, 1.54) is 18.2 Å². The van der Waals surface area contributed by atoms with E-state index in [1.54, 1.807) is 12.1 Å². The minimum absolute atomic E-state index is 0.0663. The number of nitrogens with one attached hydrogen (secondary N) is 1. The molecule has 1 N–H and O–H groups in total. The van der Waals surface area contributed by atoms with Gasteiger partial charge in [-0.2, -0.15) is 18.7 Å². The molecule has 0 saturated carbocycles. The van der Waals surface area contributed by atoms with Crippen LogP contribution in [0.3, 0.4) is 0 Å². The van der Waals surface area contributed by atoms with Gasteiger partial charge in [-0.05, 0) is 43.7 Å². The van der Waals surface area contributed by atoms with E-state index in [9.17, 15) is 8.78 Å². The fourth-order valence-electron chi connectivity index (χ4n) is 8.93. The average Bonchev–Trinajstić information content (AvgIpc) is 3.71. The monoisotopic (exact) mass is 646 g/mol. The van der Waals surface area contributed by atoms with Crippen LogP contribution in [0.4, 0.5) is 27.8 Å². The highest BCUT2D eigenvalue weighted by Gasteiger charge is 2.52. The zero-order valence-corrected chi connectivity index (χ0v) is 25.4. The van der Waals surface area contributed by atoms with Gasteiger partial charge in [0.2, 0.25) is 0 Å². The molecule has 0 amide bonds. The Bertz CT molecular complexity index is 2020. The van der Waals surface area contributed by atoms with Crippen molar-refractivity contribution >= 4 is 27.5 Å². The maximum Gasteiger partial charge on any atom is 0.319 e. The maximum absolute atomic E-state index is 17.0. The first-order valence-electron chi connectivity index (χ1n) is 16.2. The Balaban J connectivity index is 1.28. The summed E-state index contributed by atoms with van der Waals surface area (Å²) in [5.41, 5.74) is -1.97. The van der Waals surface area contributed by atoms with Crippen molar-refractivity contribution < 1.29 is 26.7 Å². The Morgan fingerprint density at radius 2 is 1.91 bits per heavy atom. The van der Waals surface area contributed by atoms with Crippen LogP contribution in [0.5, 0.6) is 6.01 Å². The van der Waals surface area contributed by atoms with Gasteiger partial charge in [-0.15, -0.1) is 6.42 Å². The second-order valence-corrected chi connectivity index (χ2v) is 13.7. The van der Waals surface area contributed by atoms with E-state index in [2.05, 4.69) is 26.1 Å². The number of nitrogens with zero attached hydrogens (tertiary/aromatic N) is 5. The molecule has 47 heavy (non-hydrogen) atoms. The number of hydrogen-bond donors (Lipinski definition) is 1. The van der Waals surface area contributed by atoms with E-state index in [1.807, 2.05) is 4.90 Å². The van der Waals surface area contributed by atoms with E-state index < -0.39 is 53.1 Å². The normalized spacial score (nSPS) is 29.1. The summed E-state index contributed by atoms with van der Waals surface area (Å²) in [6.07, 6.45) is 7.65. The van der Waals surface area contributed by atoms with Gasteiger partial charge in [0.15, 0.2) is 5.82 Å². The number of alkyl halides is 3. The van der Waals surface area contributed by atoms with E-state index >= 15 is 13.2 Å². The lowest BCUT2D eigenvalue weighted by Gasteiger charge is -2.41. The van der Waals surface area contributed by atoms with Crippen LogP contribution < -0.4 is 15.0 Å². The summed E-state index contributed by atoms with van der Waals surface area (Å²) >= 11 is 0. The molecular weight excluding hydrogens is 615 g/mol. The highest BCUT2D eigenvalue weighted by molar-refractivity contribution is 6.03. The molecule has 2 aromatic heterocycles. The molecule has 4 saturated heterocycles. The number of rotatable bonds is 4. The predicted molar refractivity (Wildman–Crippen MR) is 166 cm³/mol. The lowest BCUT2D eigenvalue weighted by atomic mass is 9.94. The number of benzene rings is 2. The molecule has 0 aliphatic carbocycles. The summed E-state index contributed by atoms with van der Waals surface area (Å²) < 4.78 is 85.7. The van der Waals surface area contributed by atoms with Crippen LogP contribution >= 0.6 is 0 Å². The van der Waals surface area contributed by atoms with E-state index in [-0.39, 0.29) is 57.9 Å². The first-order chi connectivity index (χ1) is 22.7. The molecule has 9 rings (SSSR count). The van der Waals surface area contributed by atoms with Crippen molar-refractivity contribution in [2.24, 2.45) is 0 Å². The van der Waals surface area contributed by atoms with Crippen molar-refractivity contribution in [3.8, 4) is 29.6 Å². The number of piperazine rings is 1. The lowest BCUT2D eigenvalue weighted by Crippen LogP contribution is -2.59. The van der Waals surface area contributed by atoms with Crippen LogP contribution in [0, 0.1) is 24.0 Å². The molecule has 0 radical (unpaired) electrons. The average molecular weight is 647 g/mol. The molecule has 4 fully saturated rings. The lowest BCUT2D eigenvalue weighted by molar-refractivity contribution is -0.0255. The van der Waals surface area contributed by atoms with Crippen LogP contribution in [0.25, 0.3) is 32.9 Å². The second-order valence-electron chi connectivity index (χ2n) is 13.7. The van der Waals surface area contributed by atoms with Gasteiger partial charge in [0.25, 0.3) is 5.92 Å². The fourth-order valence-corrected chi connectivity index (χ4v) is 8.93. The minimum atomic E-state index is -3.48. The van der Waals surface area contributed by atoms with Crippen molar-refractivity contribution in [3.05, 3.63) is 53.2 Å². The quantitative estimate of drug-likeness (QED) is 0.220. The number of aromatic nitrogens is 3. The van der Waals surface area contributed by atoms with E-state index in [0.29, 0.717) is 24.9 Å². The molecule has 4 aromatic rings. The third-order valence-electron chi connectivity index (χ3n) is 11.0. The molecule has 242 valence electrons. The zero-order chi connectivity index (χ0) is 32.2. The largest absolute Gasteiger partial charge is 0.461 e.